The predicted molar refractivity (Wildman–Crippen MR) is 321 cm³/mol. The number of allylic oxidation sites excluding steroid dienone is 1. The van der Waals surface area contributed by atoms with E-state index < -0.39 is 29.2 Å². The van der Waals surface area contributed by atoms with Gasteiger partial charge in [-0.25, -0.2) is 19.9 Å². The molecule has 5 aromatic heterocycles. The number of pyridine rings is 2. The first-order valence-electron chi connectivity index (χ1n) is 27.3. The lowest BCUT2D eigenvalue weighted by atomic mass is 9.76. The molecule has 4 aliphatic rings. The number of carbonyl (C=O) groups excluding carboxylic acids is 2. The summed E-state index contributed by atoms with van der Waals surface area (Å²) in [6, 6.07) is 24.3. The Hall–Kier alpha value is -7.92. The molecule has 0 unspecified atom stereocenters. The molecular formula is C61H67BBrN13O6. The van der Waals surface area contributed by atoms with Crippen LogP contribution in [0.3, 0.4) is 0 Å². The van der Waals surface area contributed by atoms with Crippen molar-refractivity contribution in [2.24, 2.45) is 0 Å². The third-order valence-electron chi connectivity index (χ3n) is 15.3. The molecule has 3 saturated heterocycles. The molecule has 422 valence electrons. The zero-order chi connectivity index (χ0) is 58.6. The van der Waals surface area contributed by atoms with E-state index in [9.17, 15) is 20.1 Å². The van der Waals surface area contributed by atoms with Gasteiger partial charge < -0.3 is 44.2 Å². The maximum Gasteiger partial charge on any atom is 0.495 e. The molecule has 19 nitrogen and oxygen atoms in total. The van der Waals surface area contributed by atoms with Crippen LogP contribution in [0.15, 0.2) is 96.1 Å². The highest BCUT2D eigenvalue weighted by Gasteiger charge is 2.52. The van der Waals surface area contributed by atoms with Gasteiger partial charge in [0.2, 0.25) is 0 Å². The highest BCUT2D eigenvalue weighted by atomic mass is 79.9. The molecular weight excluding hydrogens is 1100 g/mol. The first-order valence-corrected chi connectivity index (χ1v) is 28.0. The number of morpholine rings is 2. The van der Waals surface area contributed by atoms with Gasteiger partial charge in [0.05, 0.1) is 83.2 Å². The summed E-state index contributed by atoms with van der Waals surface area (Å²) in [5, 5.41) is 24.6. The van der Waals surface area contributed by atoms with Crippen LogP contribution in [-0.2, 0) is 36.0 Å². The first kappa shape index (κ1) is 58.7. The lowest BCUT2D eigenvalue weighted by Crippen LogP contribution is -2.41. The quantitative estimate of drug-likeness (QED) is 0.0853. The van der Waals surface area contributed by atoms with Gasteiger partial charge in [-0.2, -0.15) is 10.5 Å². The number of amides is 2. The molecule has 0 bridgehead atoms. The Morgan fingerprint density at radius 3 is 1.79 bits per heavy atom. The van der Waals surface area contributed by atoms with Crippen LogP contribution in [0.2, 0.25) is 0 Å². The van der Waals surface area contributed by atoms with Crippen molar-refractivity contribution in [1.82, 2.24) is 34.9 Å². The van der Waals surface area contributed by atoms with Crippen molar-refractivity contribution < 1.29 is 28.4 Å². The summed E-state index contributed by atoms with van der Waals surface area (Å²) in [5.74, 6) is 1.96. The van der Waals surface area contributed by atoms with Crippen molar-refractivity contribution >= 4 is 80.4 Å². The Kier molecular flexibility index (Phi) is 17.4. The molecule has 0 atom stereocenters. The molecule has 7 aromatic rings. The number of halogens is 1. The van der Waals surface area contributed by atoms with Gasteiger partial charge in [-0.3, -0.25) is 19.6 Å². The largest absolute Gasteiger partial charge is 0.495 e. The molecule has 21 heteroatoms. The van der Waals surface area contributed by atoms with Crippen LogP contribution >= 0.6 is 15.9 Å². The molecule has 0 saturated carbocycles. The average molecular weight is 1170 g/mol. The minimum atomic E-state index is -0.792. The Labute approximate surface area is 487 Å². The number of nitriles is 2. The number of aromatic nitrogens is 7. The Bertz CT molecular complexity index is 3640. The van der Waals surface area contributed by atoms with E-state index in [1.807, 2.05) is 90.2 Å². The number of carbonyl (C=O) groups is 2. The monoisotopic (exact) mass is 1170 g/mol. The number of H-pyrrole nitrogens is 1. The number of anilines is 4. The number of fused-ring (bicyclic) bond motifs is 2. The molecule has 2 aromatic carbocycles. The van der Waals surface area contributed by atoms with Crippen molar-refractivity contribution in [2.45, 2.75) is 97.7 Å². The second kappa shape index (κ2) is 24.3. The second-order valence-corrected chi connectivity index (χ2v) is 23.2. The van der Waals surface area contributed by atoms with Crippen LogP contribution in [0.5, 0.6) is 0 Å². The minimum Gasteiger partial charge on any atom is -0.399 e. The van der Waals surface area contributed by atoms with Gasteiger partial charge in [-0.1, -0.05) is 23.8 Å². The minimum absolute atomic E-state index is 0.267. The lowest BCUT2D eigenvalue weighted by Gasteiger charge is -2.32. The molecule has 0 radical (unpaired) electrons. The van der Waals surface area contributed by atoms with E-state index in [2.05, 4.69) is 85.6 Å². The Morgan fingerprint density at radius 1 is 0.695 bits per heavy atom. The SMILES string of the molecule is Brc1nc2c(c(N3CCOCC3)n1)CC=C2.Cc1ccc(NC(=O)c2ccnc(C(C)(C)C#N)c2)cc1-c1nc(N2CCOCC2)c2[nH]ccc2n1.Cc1ccc(NC(=O)c2ccnc(C(C)(C)C#N)c2)cc1B1OC(C)(C)C(C)(C)O1. The van der Waals surface area contributed by atoms with E-state index in [-0.39, 0.29) is 11.8 Å². The number of rotatable bonds is 10. The molecule has 3 aliphatic heterocycles. The maximum absolute atomic E-state index is 13.0. The third-order valence-corrected chi connectivity index (χ3v) is 15.6. The zero-order valence-corrected chi connectivity index (χ0v) is 49.6. The number of nitrogens with one attached hydrogen (secondary N) is 3. The van der Waals surface area contributed by atoms with Crippen LogP contribution in [0.25, 0.3) is 28.5 Å². The molecule has 8 heterocycles. The van der Waals surface area contributed by atoms with Gasteiger partial charge in [0.1, 0.15) is 11.3 Å². The molecule has 82 heavy (non-hydrogen) atoms. The summed E-state index contributed by atoms with van der Waals surface area (Å²) >= 11 is 3.37. The smallest absolute Gasteiger partial charge is 0.399 e. The van der Waals surface area contributed by atoms with Crippen molar-refractivity contribution in [3.05, 3.63) is 141 Å². The third kappa shape index (κ3) is 13.0. The topological polar surface area (TPSA) is 242 Å². The lowest BCUT2D eigenvalue weighted by molar-refractivity contribution is 0.00578. The number of benzene rings is 2. The summed E-state index contributed by atoms with van der Waals surface area (Å²) in [5.41, 5.74) is 8.57. The van der Waals surface area contributed by atoms with Crippen LogP contribution in [0, 0.1) is 36.5 Å². The van der Waals surface area contributed by atoms with E-state index in [4.69, 9.17) is 28.8 Å². The van der Waals surface area contributed by atoms with E-state index >= 15 is 0 Å². The fourth-order valence-corrected chi connectivity index (χ4v) is 9.76. The number of ether oxygens (including phenoxy) is 2. The summed E-state index contributed by atoms with van der Waals surface area (Å²) in [6.07, 6.45) is 10.1. The summed E-state index contributed by atoms with van der Waals surface area (Å²) < 4.78 is 23.9. The molecule has 11 rings (SSSR count). The van der Waals surface area contributed by atoms with Crippen molar-refractivity contribution in [2.75, 3.05) is 73.0 Å². The van der Waals surface area contributed by atoms with Crippen LogP contribution < -0.4 is 25.9 Å². The number of aromatic amines is 1. The van der Waals surface area contributed by atoms with Crippen molar-refractivity contribution in [1.29, 1.82) is 10.5 Å². The summed E-state index contributed by atoms with van der Waals surface area (Å²) in [4.78, 5) is 60.7. The standard InChI is InChI=1S/C27H27N7O2.C23H28BN3O3.C11H12BrN3O/c1-17-4-5-19(31-26(35)18-6-8-29-22(14-18)27(2,3)16-28)15-20(17)24-32-21-7-9-30-23(21)25(33-24)34-10-12-36-13-11-34;1-15-8-9-17(13-18(15)24-29-22(4,5)23(6,7)30-24)27-20(28)16-10-11-26-19(12-16)21(2,3)14-25;12-11-13-9-3-1-2-8(9)10(14-11)15-4-6-16-7-5-15/h4-9,14-15,30H,10-13H2,1-3H3,(H,31,35);8-13H,1-7H3,(H,27,28);1,3H,2,4-7H2. The number of hydrogen-bond acceptors (Lipinski definition) is 16. The van der Waals surface area contributed by atoms with Gasteiger partial charge >= 0.3 is 7.12 Å². The Morgan fingerprint density at radius 2 is 1.23 bits per heavy atom. The molecule has 3 N–H and O–H groups in total. The maximum atomic E-state index is 13.0. The predicted octanol–water partition coefficient (Wildman–Crippen LogP) is 9.61. The van der Waals surface area contributed by atoms with Gasteiger partial charge in [-0.15, -0.1) is 0 Å². The fraction of sp³-hybridized carbons (Fsp3) is 0.377. The van der Waals surface area contributed by atoms with Crippen LogP contribution in [0.4, 0.5) is 23.0 Å². The van der Waals surface area contributed by atoms with E-state index in [0.717, 1.165) is 96.3 Å². The zero-order valence-electron chi connectivity index (χ0n) is 48.0. The molecule has 2 amide bonds. The van der Waals surface area contributed by atoms with Crippen molar-refractivity contribution in [3.8, 4) is 23.5 Å². The summed E-state index contributed by atoms with van der Waals surface area (Å²) in [6.45, 7) is 25.4. The normalized spacial score (nSPS) is 16.2. The fourth-order valence-electron chi connectivity index (χ4n) is 9.40. The van der Waals surface area contributed by atoms with Gasteiger partial charge in [0.15, 0.2) is 16.4 Å². The second-order valence-electron chi connectivity index (χ2n) is 22.5. The van der Waals surface area contributed by atoms with Crippen molar-refractivity contribution in [3.63, 3.8) is 0 Å². The van der Waals surface area contributed by atoms with Crippen LogP contribution in [-0.4, -0.2) is 118 Å². The van der Waals surface area contributed by atoms with Gasteiger partial charge in [0.25, 0.3) is 11.8 Å². The average Bonchev–Trinajstić information content (AvgIpc) is 3.64. The van der Waals surface area contributed by atoms with Gasteiger partial charge in [0, 0.05) is 78.4 Å². The first-order chi connectivity index (χ1) is 39.1. The highest BCUT2D eigenvalue weighted by Crippen LogP contribution is 2.37. The number of hydrogen-bond donors (Lipinski definition) is 3. The molecule has 1 aliphatic carbocycles. The number of nitrogens with zero attached hydrogens (tertiary/aromatic N) is 10. The van der Waals surface area contributed by atoms with E-state index in [1.54, 1.807) is 64.4 Å². The summed E-state index contributed by atoms with van der Waals surface area (Å²) in [7, 11) is -0.504. The van der Waals surface area contributed by atoms with E-state index in [1.165, 1.54) is 5.56 Å². The number of aryl methyl sites for hydroxylation is 2. The van der Waals surface area contributed by atoms with Crippen LogP contribution in [0.1, 0.15) is 110 Å². The van der Waals surface area contributed by atoms with Gasteiger partial charge in [-0.05, 0) is 163 Å². The highest BCUT2D eigenvalue weighted by molar-refractivity contribution is 9.10. The molecule has 0 spiro atoms. The Balaban J connectivity index is 0.000000158. The molecule has 3 fully saturated rings. The van der Waals surface area contributed by atoms with E-state index in [0.29, 0.717) is 57.7 Å².